The Labute approximate surface area is 78.2 Å². The van der Waals surface area contributed by atoms with Gasteiger partial charge < -0.3 is 19.7 Å². The van der Waals surface area contributed by atoms with Gasteiger partial charge in [0, 0.05) is 0 Å². The third-order valence-electron chi connectivity index (χ3n) is 1.61. The van der Waals surface area contributed by atoms with Gasteiger partial charge in [0.1, 0.15) is 0 Å². The van der Waals surface area contributed by atoms with Crippen LogP contribution in [0.4, 0.5) is 0 Å². The molecule has 78 valence electrons. The Bertz CT molecular complexity index is 284. The summed E-state index contributed by atoms with van der Waals surface area (Å²) in [7, 11) is 0. The number of ether oxygens (including phenoxy) is 2. The Balaban J connectivity index is 2.88. The predicted octanol–water partition coefficient (Wildman–Crippen LogP) is -2.28. The van der Waals surface area contributed by atoms with Gasteiger partial charge in [0.05, 0.1) is 0 Å². The van der Waals surface area contributed by atoms with E-state index in [0.717, 1.165) is 0 Å². The molecule has 0 aromatic heterocycles. The second kappa shape index (κ2) is 3.72. The van der Waals surface area contributed by atoms with E-state index in [4.69, 9.17) is 10.2 Å². The Kier molecular flexibility index (Phi) is 2.82. The largest absolute Gasteiger partial charge is 0.449 e. The van der Waals surface area contributed by atoms with Crippen LogP contribution in [0.1, 0.15) is 6.92 Å². The van der Waals surface area contributed by atoms with E-state index < -0.39 is 36.2 Å². The maximum Gasteiger partial charge on any atom is 0.354 e. The highest BCUT2D eigenvalue weighted by Gasteiger charge is 2.39. The Morgan fingerprint density at radius 2 is 1.50 bits per heavy atom. The lowest BCUT2D eigenvalue weighted by Gasteiger charge is -2.21. The molecule has 7 heteroatoms. The maximum atomic E-state index is 10.9. The maximum absolute atomic E-state index is 10.9. The zero-order valence-corrected chi connectivity index (χ0v) is 7.17. The summed E-state index contributed by atoms with van der Waals surface area (Å²) >= 11 is 0. The van der Waals surface area contributed by atoms with Crippen molar-refractivity contribution in [1.82, 2.24) is 0 Å². The zero-order chi connectivity index (χ0) is 10.9. The van der Waals surface area contributed by atoms with Crippen molar-refractivity contribution in [3.8, 4) is 0 Å². The summed E-state index contributed by atoms with van der Waals surface area (Å²) in [5.74, 6) is -3.70. The van der Waals surface area contributed by atoms with E-state index in [-0.39, 0.29) is 0 Å². The van der Waals surface area contributed by atoms with Crippen molar-refractivity contribution < 1.29 is 34.1 Å². The van der Waals surface area contributed by atoms with Gasteiger partial charge in [0.2, 0.25) is 0 Å². The quantitative estimate of drug-likeness (QED) is 0.338. The Morgan fingerprint density at radius 1 is 1.00 bits per heavy atom. The molecule has 0 amide bonds. The molecule has 1 aliphatic rings. The van der Waals surface area contributed by atoms with Crippen LogP contribution >= 0.6 is 0 Å². The molecule has 1 fully saturated rings. The van der Waals surface area contributed by atoms with E-state index in [9.17, 15) is 14.4 Å². The molecule has 0 aromatic carbocycles. The lowest BCUT2D eigenvalue weighted by atomic mass is 10.2. The number of carbonyl (C=O) groups is 3. The van der Waals surface area contributed by atoms with Crippen molar-refractivity contribution in [2.24, 2.45) is 0 Å². The first-order valence-corrected chi connectivity index (χ1v) is 3.75. The first-order chi connectivity index (χ1) is 6.43. The monoisotopic (exact) mass is 204 g/mol. The molecular weight excluding hydrogens is 196 g/mol. The minimum atomic E-state index is -2.10. The number of esters is 3. The predicted molar refractivity (Wildman–Crippen MR) is 38.7 cm³/mol. The molecule has 0 bridgehead atoms. The standard InChI is InChI=1S/C7H8O7/c1-2-5(10)14-7(12)4(9)3(8)6(11)13-2/h2-4,8-9H,1H3. The van der Waals surface area contributed by atoms with E-state index in [1.807, 2.05) is 0 Å². The van der Waals surface area contributed by atoms with Crippen molar-refractivity contribution in [3.63, 3.8) is 0 Å². The van der Waals surface area contributed by atoms with Crippen molar-refractivity contribution in [2.45, 2.75) is 25.2 Å². The number of aliphatic hydroxyl groups is 2. The molecule has 0 aliphatic carbocycles. The molecule has 1 heterocycles. The molecule has 2 N–H and O–H groups in total. The van der Waals surface area contributed by atoms with Crippen LogP contribution in [0.25, 0.3) is 0 Å². The summed E-state index contributed by atoms with van der Waals surface area (Å²) < 4.78 is 8.43. The molecule has 7 nitrogen and oxygen atoms in total. The number of rotatable bonds is 0. The molecule has 0 spiro atoms. The van der Waals surface area contributed by atoms with Crippen LogP contribution in [0.2, 0.25) is 0 Å². The van der Waals surface area contributed by atoms with Gasteiger partial charge in [-0.2, -0.15) is 0 Å². The van der Waals surface area contributed by atoms with Crippen LogP contribution in [0, 0.1) is 0 Å². The molecule has 14 heavy (non-hydrogen) atoms. The number of hydrogen-bond acceptors (Lipinski definition) is 7. The normalized spacial score (nSPS) is 34.2. The minimum Gasteiger partial charge on any atom is -0.449 e. The fourth-order valence-electron chi connectivity index (χ4n) is 0.792. The SMILES string of the molecule is CC1OC(=O)C(O)C(O)C(=O)OC1=O. The second-order valence-corrected chi connectivity index (χ2v) is 2.71. The third-order valence-corrected chi connectivity index (χ3v) is 1.61. The lowest BCUT2D eigenvalue weighted by Crippen LogP contribution is -2.47. The number of carbonyl (C=O) groups excluding carboxylic acids is 3. The summed E-state index contributed by atoms with van der Waals surface area (Å²) in [6.45, 7) is 1.18. The fourth-order valence-corrected chi connectivity index (χ4v) is 0.792. The van der Waals surface area contributed by atoms with Gasteiger partial charge in [-0.15, -0.1) is 0 Å². The van der Waals surface area contributed by atoms with E-state index in [1.54, 1.807) is 0 Å². The minimum absolute atomic E-state index is 1.09. The molecule has 1 saturated heterocycles. The first kappa shape index (κ1) is 10.6. The topological polar surface area (TPSA) is 110 Å². The van der Waals surface area contributed by atoms with Crippen molar-refractivity contribution in [1.29, 1.82) is 0 Å². The Morgan fingerprint density at radius 3 is 2.07 bits per heavy atom. The molecule has 1 rings (SSSR count). The van der Waals surface area contributed by atoms with Crippen LogP contribution in [0.5, 0.6) is 0 Å². The fraction of sp³-hybridized carbons (Fsp3) is 0.571. The van der Waals surface area contributed by atoms with Crippen LogP contribution in [-0.4, -0.2) is 46.4 Å². The van der Waals surface area contributed by atoms with Gasteiger partial charge in [-0.1, -0.05) is 0 Å². The summed E-state index contributed by atoms with van der Waals surface area (Å²) in [6, 6.07) is 0. The van der Waals surface area contributed by atoms with E-state index in [1.165, 1.54) is 6.92 Å². The molecule has 3 unspecified atom stereocenters. The van der Waals surface area contributed by atoms with Crippen LogP contribution < -0.4 is 0 Å². The highest BCUT2D eigenvalue weighted by molar-refractivity contribution is 5.95. The molecule has 0 radical (unpaired) electrons. The van der Waals surface area contributed by atoms with Crippen LogP contribution in [0.15, 0.2) is 0 Å². The summed E-state index contributed by atoms with van der Waals surface area (Å²) in [5, 5.41) is 17.9. The Hall–Kier alpha value is -1.47. The number of cyclic esters (lactones) is 3. The highest BCUT2D eigenvalue weighted by Crippen LogP contribution is 2.08. The van der Waals surface area contributed by atoms with E-state index in [2.05, 4.69) is 9.47 Å². The second-order valence-electron chi connectivity index (χ2n) is 2.71. The van der Waals surface area contributed by atoms with Crippen molar-refractivity contribution >= 4 is 17.9 Å². The van der Waals surface area contributed by atoms with E-state index >= 15 is 0 Å². The van der Waals surface area contributed by atoms with Gasteiger partial charge in [-0.3, -0.25) is 0 Å². The summed E-state index contributed by atoms with van der Waals surface area (Å²) in [4.78, 5) is 32.6. The molecule has 3 atom stereocenters. The average molecular weight is 204 g/mol. The van der Waals surface area contributed by atoms with Gasteiger partial charge in [0.15, 0.2) is 18.3 Å². The van der Waals surface area contributed by atoms with Gasteiger partial charge >= 0.3 is 17.9 Å². The molecular formula is C7H8O7. The number of aliphatic hydroxyl groups excluding tert-OH is 2. The van der Waals surface area contributed by atoms with Gasteiger partial charge in [0.25, 0.3) is 0 Å². The van der Waals surface area contributed by atoms with Gasteiger partial charge in [-0.05, 0) is 6.92 Å². The molecule has 0 aromatic rings. The van der Waals surface area contributed by atoms with Crippen molar-refractivity contribution in [3.05, 3.63) is 0 Å². The summed E-state index contributed by atoms with van der Waals surface area (Å²) in [6.07, 6.45) is -5.41. The first-order valence-electron chi connectivity index (χ1n) is 3.75. The zero-order valence-electron chi connectivity index (χ0n) is 7.17. The smallest absolute Gasteiger partial charge is 0.354 e. The summed E-state index contributed by atoms with van der Waals surface area (Å²) in [5.41, 5.74) is 0. The van der Waals surface area contributed by atoms with Crippen LogP contribution in [-0.2, 0) is 23.9 Å². The number of hydrogen-bond donors (Lipinski definition) is 2. The van der Waals surface area contributed by atoms with Crippen molar-refractivity contribution in [2.75, 3.05) is 0 Å². The average Bonchev–Trinajstić information content (AvgIpc) is 2.13. The highest BCUT2D eigenvalue weighted by atomic mass is 16.6. The molecule has 0 saturated carbocycles. The van der Waals surface area contributed by atoms with Gasteiger partial charge in [-0.25, -0.2) is 14.4 Å². The molecule has 1 aliphatic heterocycles. The van der Waals surface area contributed by atoms with E-state index in [0.29, 0.717) is 0 Å². The lowest BCUT2D eigenvalue weighted by molar-refractivity contribution is -0.193. The third kappa shape index (κ3) is 1.88. The van der Waals surface area contributed by atoms with Crippen LogP contribution in [0.3, 0.4) is 0 Å².